The van der Waals surface area contributed by atoms with Crippen LogP contribution in [0.3, 0.4) is 0 Å². The molecule has 2 heterocycles. The van der Waals surface area contributed by atoms with Gasteiger partial charge in [0, 0.05) is 36.3 Å². The Labute approximate surface area is 240 Å². The van der Waals surface area contributed by atoms with Crippen molar-refractivity contribution in [2.45, 2.75) is 31.3 Å². The third-order valence-corrected chi connectivity index (χ3v) is 7.65. The van der Waals surface area contributed by atoms with Crippen LogP contribution in [-0.2, 0) is 6.42 Å². The summed E-state index contributed by atoms with van der Waals surface area (Å²) in [5.41, 5.74) is 7.38. The van der Waals surface area contributed by atoms with Gasteiger partial charge in [0.15, 0.2) is 11.5 Å². The number of piperidine rings is 1. The van der Waals surface area contributed by atoms with Crippen molar-refractivity contribution in [2.24, 2.45) is 11.7 Å². The molecule has 2 aromatic carbocycles. The first kappa shape index (κ1) is 30.5. The highest BCUT2D eigenvalue weighted by Gasteiger charge is 2.40. The molecule has 4 amide bonds. The fraction of sp³-hybridized carbons (Fsp3) is 0.481. The van der Waals surface area contributed by atoms with Crippen LogP contribution in [0.25, 0.3) is 0 Å². The standard InChI is InChI=1S/C27H36ClN5O5.ClH/c1-36-23-13-20(14-24(37-2)25(23)38-3)30-27(35)31-21-15-33(26(29)34)16-22(21)32-10-8-18(9-11-32)12-17-4-6-19(28)7-5-17;/h4-7,13-14,18,21-22H,8-12,15-16H2,1-3H3,(H2,29,34)(H2,30,31,35);1H/t21-,22-;/m0./s1. The van der Waals surface area contributed by atoms with Gasteiger partial charge in [0.25, 0.3) is 0 Å². The number of likely N-dealkylation sites (tertiary alicyclic amines) is 2. The van der Waals surface area contributed by atoms with E-state index in [9.17, 15) is 9.59 Å². The Bertz CT molecular complexity index is 1100. The van der Waals surface area contributed by atoms with Gasteiger partial charge in [0.1, 0.15) is 0 Å². The zero-order chi connectivity index (χ0) is 27.2. The summed E-state index contributed by atoms with van der Waals surface area (Å²) in [4.78, 5) is 29.0. The molecule has 2 fully saturated rings. The highest BCUT2D eigenvalue weighted by Crippen LogP contribution is 2.40. The van der Waals surface area contributed by atoms with Gasteiger partial charge in [0.05, 0.1) is 33.1 Å². The lowest BCUT2D eigenvalue weighted by molar-refractivity contribution is 0.123. The van der Waals surface area contributed by atoms with Crippen molar-refractivity contribution < 1.29 is 23.8 Å². The van der Waals surface area contributed by atoms with E-state index in [1.54, 1.807) is 17.0 Å². The number of carbonyl (C=O) groups excluding carboxylic acids is 2. The molecule has 2 saturated heterocycles. The maximum Gasteiger partial charge on any atom is 0.319 e. The number of nitrogens with zero attached hydrogens (tertiary/aromatic N) is 2. The summed E-state index contributed by atoms with van der Waals surface area (Å²) < 4.78 is 16.1. The number of amides is 4. The van der Waals surface area contributed by atoms with E-state index in [4.69, 9.17) is 31.5 Å². The molecule has 2 aromatic rings. The lowest BCUT2D eigenvalue weighted by Crippen LogP contribution is -2.54. The highest BCUT2D eigenvalue weighted by atomic mass is 35.5. The molecule has 0 aliphatic carbocycles. The average Bonchev–Trinajstić information content (AvgIpc) is 3.33. The van der Waals surface area contributed by atoms with Gasteiger partial charge in [-0.15, -0.1) is 12.4 Å². The van der Waals surface area contributed by atoms with Gasteiger partial charge in [0.2, 0.25) is 5.75 Å². The van der Waals surface area contributed by atoms with E-state index < -0.39 is 12.1 Å². The zero-order valence-electron chi connectivity index (χ0n) is 22.4. The Morgan fingerprint density at radius 2 is 1.62 bits per heavy atom. The molecular weight excluding hydrogens is 545 g/mol. The second-order valence-corrected chi connectivity index (χ2v) is 10.2. The van der Waals surface area contributed by atoms with Gasteiger partial charge in [-0.05, 0) is 56.0 Å². The maximum atomic E-state index is 13.0. The van der Waals surface area contributed by atoms with Gasteiger partial charge in [-0.2, -0.15) is 0 Å². The third kappa shape index (κ3) is 7.52. The lowest BCUT2D eigenvalue weighted by Gasteiger charge is -2.38. The molecule has 39 heavy (non-hydrogen) atoms. The normalized spacial score (nSPS) is 19.6. The molecule has 0 aromatic heterocycles. The second-order valence-electron chi connectivity index (χ2n) is 9.74. The SMILES string of the molecule is COc1cc(NC(=O)N[C@H]2CN(C(N)=O)C[C@@H]2N2CCC(Cc3ccc(Cl)cc3)CC2)cc(OC)c1OC.Cl. The summed E-state index contributed by atoms with van der Waals surface area (Å²) in [5.74, 6) is 1.88. The minimum Gasteiger partial charge on any atom is -0.493 e. The molecule has 0 radical (unpaired) electrons. The van der Waals surface area contributed by atoms with Crippen LogP contribution in [0.2, 0.25) is 5.02 Å². The Morgan fingerprint density at radius 3 is 2.15 bits per heavy atom. The van der Waals surface area contributed by atoms with Crippen molar-refractivity contribution in [3.8, 4) is 17.2 Å². The minimum absolute atomic E-state index is 0. The van der Waals surface area contributed by atoms with Crippen LogP contribution in [0.4, 0.5) is 15.3 Å². The summed E-state index contributed by atoms with van der Waals surface area (Å²) in [7, 11) is 4.55. The smallest absolute Gasteiger partial charge is 0.319 e. The van der Waals surface area contributed by atoms with Gasteiger partial charge < -0.3 is 35.5 Å². The van der Waals surface area contributed by atoms with Crippen molar-refractivity contribution in [1.29, 1.82) is 0 Å². The van der Waals surface area contributed by atoms with Gasteiger partial charge in [-0.1, -0.05) is 23.7 Å². The fourth-order valence-electron chi connectivity index (χ4n) is 5.41. The van der Waals surface area contributed by atoms with Crippen LogP contribution >= 0.6 is 24.0 Å². The third-order valence-electron chi connectivity index (χ3n) is 7.40. The number of nitrogens with two attached hydrogens (primary N) is 1. The van der Waals surface area contributed by atoms with E-state index in [1.807, 2.05) is 12.1 Å². The van der Waals surface area contributed by atoms with Crippen molar-refractivity contribution in [3.63, 3.8) is 0 Å². The first-order chi connectivity index (χ1) is 18.3. The average molecular weight is 583 g/mol. The van der Waals surface area contributed by atoms with Crippen LogP contribution < -0.4 is 30.6 Å². The molecule has 0 unspecified atom stereocenters. The van der Waals surface area contributed by atoms with E-state index >= 15 is 0 Å². The van der Waals surface area contributed by atoms with Crippen LogP contribution in [0.5, 0.6) is 17.2 Å². The molecule has 2 aliphatic heterocycles. The summed E-state index contributed by atoms with van der Waals surface area (Å²) >= 11 is 6.02. The van der Waals surface area contributed by atoms with Gasteiger partial charge >= 0.3 is 12.1 Å². The van der Waals surface area contributed by atoms with E-state index in [0.29, 0.717) is 41.9 Å². The molecule has 12 heteroatoms. The largest absolute Gasteiger partial charge is 0.493 e. The molecule has 2 aliphatic rings. The summed E-state index contributed by atoms with van der Waals surface area (Å²) in [6, 6.07) is 10.2. The Balaban J connectivity index is 0.00000420. The molecule has 214 valence electrons. The van der Waals surface area contributed by atoms with Gasteiger partial charge in [-0.25, -0.2) is 9.59 Å². The molecular formula is C27H37Cl2N5O5. The van der Waals surface area contributed by atoms with Crippen LogP contribution in [0.1, 0.15) is 18.4 Å². The van der Waals surface area contributed by atoms with Crippen LogP contribution in [0, 0.1) is 5.92 Å². The number of benzene rings is 2. The Kier molecular flexibility index (Phi) is 10.8. The van der Waals surface area contributed by atoms with Crippen LogP contribution in [0.15, 0.2) is 36.4 Å². The number of ether oxygens (including phenoxy) is 3. The number of anilines is 1. The summed E-state index contributed by atoms with van der Waals surface area (Å²) in [6.07, 6.45) is 3.10. The monoisotopic (exact) mass is 581 g/mol. The van der Waals surface area contributed by atoms with E-state index in [0.717, 1.165) is 37.4 Å². The first-order valence-corrected chi connectivity index (χ1v) is 13.1. The number of primary amides is 1. The minimum atomic E-state index is -0.484. The molecule has 0 bridgehead atoms. The number of halogens is 2. The van der Waals surface area contributed by atoms with E-state index in [2.05, 4.69) is 27.7 Å². The molecule has 4 rings (SSSR count). The number of methoxy groups -OCH3 is 3. The number of rotatable bonds is 8. The molecule has 2 atom stereocenters. The van der Waals surface area contributed by atoms with Crippen LogP contribution in [-0.4, -0.2) is 81.5 Å². The fourth-order valence-corrected chi connectivity index (χ4v) is 5.54. The predicted octanol–water partition coefficient (Wildman–Crippen LogP) is 4.00. The lowest BCUT2D eigenvalue weighted by atomic mass is 9.89. The zero-order valence-corrected chi connectivity index (χ0v) is 24.0. The Morgan fingerprint density at radius 1 is 1.00 bits per heavy atom. The van der Waals surface area contributed by atoms with E-state index in [1.165, 1.54) is 26.9 Å². The first-order valence-electron chi connectivity index (χ1n) is 12.7. The quantitative estimate of drug-likeness (QED) is 0.433. The molecule has 10 nitrogen and oxygen atoms in total. The van der Waals surface area contributed by atoms with Crippen molar-refractivity contribution in [3.05, 3.63) is 47.0 Å². The highest BCUT2D eigenvalue weighted by molar-refractivity contribution is 6.30. The number of hydrogen-bond donors (Lipinski definition) is 3. The van der Waals surface area contributed by atoms with Crippen molar-refractivity contribution in [2.75, 3.05) is 52.8 Å². The molecule has 0 spiro atoms. The number of urea groups is 2. The number of carbonyl (C=O) groups is 2. The van der Waals surface area contributed by atoms with Crippen molar-refractivity contribution >= 4 is 41.8 Å². The molecule has 0 saturated carbocycles. The van der Waals surface area contributed by atoms with E-state index in [-0.39, 0.29) is 24.5 Å². The maximum absolute atomic E-state index is 13.0. The van der Waals surface area contributed by atoms with Gasteiger partial charge in [-0.3, -0.25) is 4.90 Å². The number of nitrogens with one attached hydrogen (secondary N) is 2. The number of hydrogen-bond acceptors (Lipinski definition) is 6. The summed E-state index contributed by atoms with van der Waals surface area (Å²) in [5, 5.41) is 6.65. The molecule has 4 N–H and O–H groups in total. The summed E-state index contributed by atoms with van der Waals surface area (Å²) in [6.45, 7) is 2.62. The topological polar surface area (TPSA) is 118 Å². The Hall–Kier alpha value is -3.08. The predicted molar refractivity (Wildman–Crippen MR) is 154 cm³/mol. The van der Waals surface area contributed by atoms with Crippen molar-refractivity contribution in [1.82, 2.24) is 15.1 Å². The second kappa shape index (κ2) is 13.8.